The smallest absolute Gasteiger partial charge is 0.286 e. The number of fused-ring (bicyclic) bond motifs is 1. The van der Waals surface area contributed by atoms with E-state index in [1.54, 1.807) is 12.1 Å². The van der Waals surface area contributed by atoms with Crippen LogP contribution in [-0.4, -0.2) is 24.0 Å². The molecule has 1 amide bonds. The van der Waals surface area contributed by atoms with Crippen molar-refractivity contribution in [2.24, 2.45) is 0 Å². The number of carbonyl (C=O) groups excluding carboxylic acids is 1. The topological polar surface area (TPSA) is 90.7 Å². The first-order valence-corrected chi connectivity index (χ1v) is 8.57. The summed E-state index contributed by atoms with van der Waals surface area (Å²) in [7, 11) is 0. The number of nitro benzene ring substituents is 1. The molecule has 0 unspecified atom stereocenters. The normalized spacial score (nSPS) is 12.5. The van der Waals surface area contributed by atoms with Crippen molar-refractivity contribution in [1.29, 1.82) is 0 Å². The highest BCUT2D eigenvalue weighted by Gasteiger charge is 2.26. The second-order valence-electron chi connectivity index (χ2n) is 6.02. The maximum atomic E-state index is 12.6. The van der Waals surface area contributed by atoms with Crippen LogP contribution in [0.15, 0.2) is 36.4 Å². The number of nitrogens with one attached hydrogen (secondary N) is 1. The van der Waals surface area contributed by atoms with Gasteiger partial charge in [0.1, 0.15) is 18.8 Å². The van der Waals surface area contributed by atoms with Gasteiger partial charge in [-0.1, -0.05) is 25.5 Å². The number of nitrogens with zero attached hydrogens (tertiary/aromatic N) is 1. The minimum atomic E-state index is -0.596. The van der Waals surface area contributed by atoms with Crippen LogP contribution in [0, 0.1) is 10.1 Å². The molecule has 0 saturated heterocycles. The van der Waals surface area contributed by atoms with Crippen molar-refractivity contribution < 1.29 is 19.2 Å². The van der Waals surface area contributed by atoms with Gasteiger partial charge in [-0.15, -0.1) is 0 Å². The van der Waals surface area contributed by atoms with E-state index in [1.807, 2.05) is 12.1 Å². The summed E-state index contributed by atoms with van der Waals surface area (Å²) >= 11 is 0. The van der Waals surface area contributed by atoms with Crippen molar-refractivity contribution >= 4 is 17.3 Å². The molecule has 0 saturated carbocycles. The van der Waals surface area contributed by atoms with Gasteiger partial charge in [0.25, 0.3) is 11.6 Å². The van der Waals surface area contributed by atoms with Gasteiger partial charge in [-0.2, -0.15) is 0 Å². The Hall–Kier alpha value is -3.09. The molecule has 0 atom stereocenters. The molecule has 1 aliphatic heterocycles. The van der Waals surface area contributed by atoms with E-state index in [0.717, 1.165) is 19.3 Å². The predicted octanol–water partition coefficient (Wildman–Crippen LogP) is 3.96. The summed E-state index contributed by atoms with van der Waals surface area (Å²) in [6.07, 6.45) is 3.21. The molecule has 26 heavy (non-hydrogen) atoms. The number of benzene rings is 2. The van der Waals surface area contributed by atoms with E-state index in [-0.39, 0.29) is 17.0 Å². The van der Waals surface area contributed by atoms with Crippen molar-refractivity contribution in [1.82, 2.24) is 0 Å². The Balaban J connectivity index is 1.81. The largest absolute Gasteiger partial charge is 0.486 e. The van der Waals surface area contributed by atoms with E-state index in [9.17, 15) is 14.9 Å². The van der Waals surface area contributed by atoms with Gasteiger partial charge < -0.3 is 14.8 Å². The highest BCUT2D eigenvalue weighted by atomic mass is 16.6. The number of hydrogen-bond donors (Lipinski definition) is 1. The quantitative estimate of drug-likeness (QED) is 0.625. The fourth-order valence-corrected chi connectivity index (χ4v) is 2.75. The molecule has 1 aliphatic rings. The van der Waals surface area contributed by atoms with Gasteiger partial charge in [0.2, 0.25) is 0 Å². The molecule has 0 aromatic heterocycles. The molecule has 0 aliphatic carbocycles. The Kier molecular flexibility index (Phi) is 5.36. The molecule has 1 N–H and O–H groups in total. The Bertz CT molecular complexity index is 817. The van der Waals surface area contributed by atoms with E-state index in [1.165, 1.54) is 17.7 Å². The van der Waals surface area contributed by atoms with E-state index in [2.05, 4.69) is 12.2 Å². The van der Waals surface area contributed by atoms with E-state index < -0.39 is 10.8 Å². The van der Waals surface area contributed by atoms with Gasteiger partial charge in [-0.25, -0.2) is 0 Å². The van der Waals surface area contributed by atoms with Crippen molar-refractivity contribution in [2.75, 3.05) is 18.5 Å². The molecule has 1 heterocycles. The summed E-state index contributed by atoms with van der Waals surface area (Å²) in [5.74, 6) is 0.0525. The number of amides is 1. The minimum absolute atomic E-state index is 0.0608. The fourth-order valence-electron chi connectivity index (χ4n) is 2.75. The third-order valence-electron chi connectivity index (χ3n) is 4.13. The summed E-state index contributed by atoms with van der Waals surface area (Å²) in [5.41, 5.74) is 1.40. The summed E-state index contributed by atoms with van der Waals surface area (Å²) in [6.45, 7) is 2.79. The molecular formula is C19H20N2O5. The van der Waals surface area contributed by atoms with Crippen molar-refractivity contribution in [3.8, 4) is 11.5 Å². The Morgan fingerprint density at radius 3 is 2.42 bits per heavy atom. The van der Waals surface area contributed by atoms with Gasteiger partial charge in [0.15, 0.2) is 11.5 Å². The molecule has 2 aromatic rings. The van der Waals surface area contributed by atoms with Crippen LogP contribution in [0.1, 0.15) is 35.7 Å². The van der Waals surface area contributed by atoms with Crippen LogP contribution in [0.5, 0.6) is 11.5 Å². The molecule has 0 radical (unpaired) electrons. The monoisotopic (exact) mass is 356 g/mol. The SMILES string of the molecule is CCCCc1ccc(NC(=O)c2cc3c(cc2[N+](=O)[O-])OCCO3)cc1. The van der Waals surface area contributed by atoms with Crippen LogP contribution in [-0.2, 0) is 6.42 Å². The highest BCUT2D eigenvalue weighted by molar-refractivity contribution is 6.07. The first-order valence-electron chi connectivity index (χ1n) is 8.57. The second kappa shape index (κ2) is 7.86. The highest BCUT2D eigenvalue weighted by Crippen LogP contribution is 2.36. The van der Waals surface area contributed by atoms with Gasteiger partial charge in [0.05, 0.1) is 11.0 Å². The minimum Gasteiger partial charge on any atom is -0.486 e. The zero-order chi connectivity index (χ0) is 18.5. The van der Waals surface area contributed by atoms with Crippen LogP contribution < -0.4 is 14.8 Å². The molecule has 3 rings (SSSR count). The Labute approximate surface area is 151 Å². The Morgan fingerprint density at radius 1 is 1.15 bits per heavy atom. The van der Waals surface area contributed by atoms with Crippen molar-refractivity contribution in [3.63, 3.8) is 0 Å². The van der Waals surface area contributed by atoms with Gasteiger partial charge in [-0.3, -0.25) is 14.9 Å². The first-order chi connectivity index (χ1) is 12.6. The third-order valence-corrected chi connectivity index (χ3v) is 4.13. The van der Waals surface area contributed by atoms with E-state index >= 15 is 0 Å². The average molecular weight is 356 g/mol. The molecule has 7 heteroatoms. The number of carbonyl (C=O) groups is 1. The summed E-state index contributed by atoms with van der Waals surface area (Å²) < 4.78 is 10.8. The standard InChI is InChI=1S/C19H20N2O5/c1-2-3-4-13-5-7-14(8-6-13)20-19(22)15-11-17-18(26-10-9-25-17)12-16(15)21(23)24/h5-8,11-12H,2-4,9-10H2,1H3,(H,20,22). The van der Waals surface area contributed by atoms with Crippen LogP contribution in [0.4, 0.5) is 11.4 Å². The number of nitro groups is 1. The van der Waals surface area contributed by atoms with Crippen molar-refractivity contribution in [2.45, 2.75) is 26.2 Å². The maximum Gasteiger partial charge on any atom is 0.286 e. The zero-order valence-corrected chi connectivity index (χ0v) is 14.5. The van der Waals surface area contributed by atoms with Crippen molar-refractivity contribution in [3.05, 3.63) is 57.6 Å². The molecule has 136 valence electrons. The molecule has 2 aromatic carbocycles. The number of rotatable bonds is 6. The number of unbranched alkanes of at least 4 members (excludes halogenated alkanes) is 1. The van der Waals surface area contributed by atoms with Gasteiger partial charge in [-0.05, 0) is 30.5 Å². The molecule has 0 fully saturated rings. The first kappa shape index (κ1) is 17.7. The Morgan fingerprint density at radius 2 is 1.81 bits per heavy atom. The summed E-state index contributed by atoms with van der Waals surface area (Å²) in [4.78, 5) is 23.3. The predicted molar refractivity (Wildman–Crippen MR) is 97.1 cm³/mol. The average Bonchev–Trinajstić information content (AvgIpc) is 2.66. The summed E-state index contributed by atoms with van der Waals surface area (Å²) in [6, 6.07) is 10.1. The zero-order valence-electron chi connectivity index (χ0n) is 14.5. The number of aryl methyl sites for hydroxylation is 1. The van der Waals surface area contributed by atoms with E-state index in [0.29, 0.717) is 24.7 Å². The van der Waals surface area contributed by atoms with Crippen LogP contribution in [0.2, 0.25) is 0 Å². The lowest BCUT2D eigenvalue weighted by Gasteiger charge is -2.18. The molecular weight excluding hydrogens is 336 g/mol. The van der Waals surface area contributed by atoms with Crippen LogP contribution >= 0.6 is 0 Å². The fraction of sp³-hybridized carbons (Fsp3) is 0.316. The van der Waals surface area contributed by atoms with Crippen LogP contribution in [0.25, 0.3) is 0 Å². The summed E-state index contributed by atoms with van der Waals surface area (Å²) in [5, 5.41) is 14.0. The van der Waals surface area contributed by atoms with E-state index in [4.69, 9.17) is 9.47 Å². The van der Waals surface area contributed by atoms with Gasteiger partial charge >= 0.3 is 0 Å². The number of hydrogen-bond acceptors (Lipinski definition) is 5. The maximum absolute atomic E-state index is 12.6. The number of anilines is 1. The number of ether oxygens (including phenoxy) is 2. The molecule has 0 bridgehead atoms. The lowest BCUT2D eigenvalue weighted by atomic mass is 10.1. The van der Waals surface area contributed by atoms with Crippen LogP contribution in [0.3, 0.4) is 0 Å². The molecule has 7 nitrogen and oxygen atoms in total. The lowest BCUT2D eigenvalue weighted by Crippen LogP contribution is -2.18. The molecule has 0 spiro atoms. The van der Waals surface area contributed by atoms with Gasteiger partial charge in [0, 0.05) is 11.8 Å². The third kappa shape index (κ3) is 3.93. The second-order valence-corrected chi connectivity index (χ2v) is 6.02. The lowest BCUT2D eigenvalue weighted by molar-refractivity contribution is -0.385.